The minimum Gasteiger partial charge on any atom is -0.483 e. The second kappa shape index (κ2) is 10.4. The predicted octanol–water partition coefficient (Wildman–Crippen LogP) is 5.58. The first-order chi connectivity index (χ1) is 16.3. The number of fused-ring (bicyclic) bond motifs is 1. The van der Waals surface area contributed by atoms with Gasteiger partial charge in [-0.2, -0.15) is 0 Å². The van der Waals surface area contributed by atoms with Gasteiger partial charge < -0.3 is 24.1 Å². The van der Waals surface area contributed by atoms with E-state index in [0.717, 1.165) is 11.6 Å². The number of hydrogen-bond donors (Lipinski definition) is 1. The molecule has 1 N–H and O–H groups in total. The molecule has 180 valence electrons. The summed E-state index contributed by atoms with van der Waals surface area (Å²) in [5.74, 6) is 3.34. The van der Waals surface area contributed by atoms with Gasteiger partial charge in [-0.25, -0.2) is 0 Å². The van der Waals surface area contributed by atoms with Crippen molar-refractivity contribution in [2.24, 2.45) is 0 Å². The smallest absolute Gasteiger partial charge is 0.234 e. The van der Waals surface area contributed by atoms with Crippen molar-refractivity contribution < 1.29 is 19.0 Å². The van der Waals surface area contributed by atoms with E-state index in [1.54, 1.807) is 18.2 Å². The lowest BCUT2D eigenvalue weighted by Gasteiger charge is -2.19. The molecule has 3 aromatic rings. The predicted molar refractivity (Wildman–Crippen MR) is 132 cm³/mol. The Hall–Kier alpha value is -3.20. The molecule has 1 unspecified atom stereocenters. The van der Waals surface area contributed by atoms with E-state index in [9.17, 15) is 4.79 Å². The highest BCUT2D eigenvalue weighted by Crippen LogP contribution is 2.34. The highest BCUT2D eigenvalue weighted by Gasteiger charge is 2.22. The lowest BCUT2D eigenvalue weighted by atomic mass is 10.0. The molecule has 1 aromatic heterocycles. The molecule has 4 rings (SSSR count). The van der Waals surface area contributed by atoms with Crippen LogP contribution in [0.4, 0.5) is 5.69 Å². The third-order valence-electron chi connectivity index (χ3n) is 5.42. The third kappa shape index (κ3) is 5.47. The molecule has 0 bridgehead atoms. The minimum atomic E-state index is -0.295. The van der Waals surface area contributed by atoms with Crippen molar-refractivity contribution in [2.75, 3.05) is 17.9 Å². The number of aromatic nitrogens is 3. The van der Waals surface area contributed by atoms with Crippen molar-refractivity contribution in [2.45, 2.75) is 57.8 Å². The number of nitrogens with zero attached hydrogens (tertiary/aromatic N) is 3. The summed E-state index contributed by atoms with van der Waals surface area (Å²) >= 11 is 1.34. The van der Waals surface area contributed by atoms with Crippen molar-refractivity contribution in [1.82, 2.24) is 14.8 Å². The maximum absolute atomic E-state index is 12.5. The van der Waals surface area contributed by atoms with Crippen molar-refractivity contribution in [3.8, 4) is 17.2 Å². The average molecular weight is 483 g/mol. The summed E-state index contributed by atoms with van der Waals surface area (Å²) in [7, 11) is 0. The summed E-state index contributed by atoms with van der Waals surface area (Å²) in [4.78, 5) is 12.5. The number of benzene rings is 2. The summed E-state index contributed by atoms with van der Waals surface area (Å²) in [5.41, 5.74) is 1.93. The van der Waals surface area contributed by atoms with Crippen LogP contribution in [0.25, 0.3) is 0 Å². The average Bonchev–Trinajstić information content (AvgIpc) is 3.44. The molecule has 9 heteroatoms. The Morgan fingerprint density at radius 3 is 2.50 bits per heavy atom. The van der Waals surface area contributed by atoms with Crippen molar-refractivity contribution in [3.05, 3.63) is 53.9 Å². The Labute approximate surface area is 204 Å². The molecular formula is C25H30N4O4S. The van der Waals surface area contributed by atoms with Crippen LogP contribution in [0.15, 0.2) is 47.6 Å². The van der Waals surface area contributed by atoms with Gasteiger partial charge in [0.05, 0.1) is 5.75 Å². The van der Waals surface area contributed by atoms with E-state index in [1.165, 1.54) is 17.3 Å². The van der Waals surface area contributed by atoms with E-state index in [-0.39, 0.29) is 30.6 Å². The van der Waals surface area contributed by atoms with E-state index < -0.39 is 0 Å². The van der Waals surface area contributed by atoms with Gasteiger partial charge in [0.25, 0.3) is 0 Å². The zero-order valence-corrected chi connectivity index (χ0v) is 20.9. The van der Waals surface area contributed by atoms with Crippen LogP contribution in [0.1, 0.15) is 64.1 Å². The number of carbonyl (C=O) groups is 1. The van der Waals surface area contributed by atoms with Crippen LogP contribution < -0.4 is 19.5 Å². The molecule has 0 saturated heterocycles. The largest absolute Gasteiger partial charge is 0.483 e. The van der Waals surface area contributed by atoms with Crippen molar-refractivity contribution in [3.63, 3.8) is 0 Å². The molecule has 1 aliphatic heterocycles. The summed E-state index contributed by atoms with van der Waals surface area (Å²) in [6, 6.07) is 13.6. The number of anilines is 1. The second-order valence-electron chi connectivity index (χ2n) is 8.69. The van der Waals surface area contributed by atoms with Crippen molar-refractivity contribution in [1.29, 1.82) is 0 Å². The molecule has 0 aliphatic carbocycles. The van der Waals surface area contributed by atoms with Crippen LogP contribution in [0.3, 0.4) is 0 Å². The van der Waals surface area contributed by atoms with Crippen LogP contribution in [0.2, 0.25) is 0 Å². The Bertz CT molecular complexity index is 1140. The fourth-order valence-electron chi connectivity index (χ4n) is 3.64. The maximum Gasteiger partial charge on any atom is 0.234 e. The van der Waals surface area contributed by atoms with Crippen LogP contribution in [0.5, 0.6) is 17.2 Å². The molecule has 0 fully saturated rings. The second-order valence-corrected chi connectivity index (χ2v) is 9.64. The Kier molecular flexibility index (Phi) is 7.31. The van der Waals surface area contributed by atoms with E-state index in [2.05, 4.69) is 55.3 Å². The number of carbonyl (C=O) groups excluding carboxylic acids is 1. The Morgan fingerprint density at radius 1 is 1.06 bits per heavy atom. The Balaban J connectivity index is 1.39. The monoisotopic (exact) mass is 482 g/mol. The van der Waals surface area contributed by atoms with E-state index in [4.69, 9.17) is 14.2 Å². The minimum absolute atomic E-state index is 0.110. The Morgan fingerprint density at radius 2 is 1.79 bits per heavy atom. The van der Waals surface area contributed by atoms with Gasteiger partial charge in [0, 0.05) is 17.8 Å². The molecule has 0 saturated carbocycles. The summed E-state index contributed by atoms with van der Waals surface area (Å²) in [6.45, 7) is 10.6. The fraction of sp³-hybridized carbons (Fsp3) is 0.400. The van der Waals surface area contributed by atoms with Gasteiger partial charge in [0.1, 0.15) is 5.75 Å². The molecule has 0 spiro atoms. The standard InChI is InChI=1S/C25H30N4O4S/c1-15(2)18-6-9-20(10-7-18)33-17(5)24-27-28-25(29(24)16(3)4)34-13-23(30)26-19-8-11-21-22(12-19)32-14-31-21/h6-12,15-17H,13-14H2,1-5H3,(H,26,30). The van der Waals surface area contributed by atoms with Crippen LogP contribution >= 0.6 is 11.8 Å². The topological polar surface area (TPSA) is 87.5 Å². The number of ether oxygens (including phenoxy) is 3. The van der Waals surface area contributed by atoms with Gasteiger partial charge in [-0.1, -0.05) is 37.7 Å². The van der Waals surface area contributed by atoms with Gasteiger partial charge in [0.15, 0.2) is 28.6 Å². The maximum atomic E-state index is 12.5. The van der Waals surface area contributed by atoms with Gasteiger partial charge in [0.2, 0.25) is 12.7 Å². The molecule has 8 nitrogen and oxygen atoms in total. The molecule has 1 atom stereocenters. The van der Waals surface area contributed by atoms with E-state index in [0.29, 0.717) is 28.3 Å². The normalized spacial score (nSPS) is 13.4. The first-order valence-corrected chi connectivity index (χ1v) is 12.3. The number of thioether (sulfide) groups is 1. The molecule has 2 aromatic carbocycles. The number of hydrogen-bond acceptors (Lipinski definition) is 7. The van der Waals surface area contributed by atoms with Crippen LogP contribution in [0, 0.1) is 0 Å². The van der Waals surface area contributed by atoms with Gasteiger partial charge in [-0.15, -0.1) is 10.2 Å². The summed E-state index contributed by atoms with van der Waals surface area (Å²) in [6.07, 6.45) is -0.295. The molecule has 1 amide bonds. The molecule has 0 radical (unpaired) electrons. The van der Waals surface area contributed by atoms with Gasteiger partial charge in [-0.3, -0.25) is 4.79 Å². The third-order valence-corrected chi connectivity index (χ3v) is 6.36. The van der Waals surface area contributed by atoms with Crippen LogP contribution in [-0.4, -0.2) is 33.2 Å². The first kappa shape index (κ1) is 23.9. The van der Waals surface area contributed by atoms with Crippen molar-refractivity contribution >= 4 is 23.4 Å². The summed E-state index contributed by atoms with van der Waals surface area (Å²) < 4.78 is 18.8. The van der Waals surface area contributed by atoms with E-state index in [1.807, 2.05) is 23.6 Å². The lowest BCUT2D eigenvalue weighted by Crippen LogP contribution is -2.16. The number of amides is 1. The zero-order chi connectivity index (χ0) is 24.2. The van der Waals surface area contributed by atoms with Gasteiger partial charge in [-0.05, 0) is 56.5 Å². The summed E-state index contributed by atoms with van der Waals surface area (Å²) in [5, 5.41) is 12.3. The molecule has 1 aliphatic rings. The quantitative estimate of drug-likeness (QED) is 0.398. The molecule has 2 heterocycles. The number of nitrogens with one attached hydrogen (secondary N) is 1. The van der Waals surface area contributed by atoms with Gasteiger partial charge >= 0.3 is 0 Å². The first-order valence-electron chi connectivity index (χ1n) is 11.4. The number of rotatable bonds is 9. The highest BCUT2D eigenvalue weighted by atomic mass is 32.2. The fourth-order valence-corrected chi connectivity index (χ4v) is 4.51. The van der Waals surface area contributed by atoms with E-state index >= 15 is 0 Å². The molecular weight excluding hydrogens is 452 g/mol. The highest BCUT2D eigenvalue weighted by molar-refractivity contribution is 7.99. The van der Waals surface area contributed by atoms with Crippen LogP contribution in [-0.2, 0) is 4.79 Å². The lowest BCUT2D eigenvalue weighted by molar-refractivity contribution is -0.113. The SMILES string of the molecule is CC(C)c1ccc(OC(C)c2nnc(SCC(=O)Nc3ccc4c(c3)OCO4)n2C(C)C)cc1. The molecule has 34 heavy (non-hydrogen) atoms. The zero-order valence-electron chi connectivity index (χ0n) is 20.1.